The smallest absolute Gasteiger partial charge is 0.233 e. The van der Waals surface area contributed by atoms with Crippen molar-refractivity contribution in [2.75, 3.05) is 6.54 Å². The zero-order chi connectivity index (χ0) is 15.2. The molecule has 1 aliphatic rings. The molecule has 1 rings (SSSR count). The van der Waals surface area contributed by atoms with Gasteiger partial charge >= 0.3 is 0 Å². The van der Waals surface area contributed by atoms with Gasteiger partial charge in [0.1, 0.15) is 0 Å². The summed E-state index contributed by atoms with van der Waals surface area (Å²) in [7, 11) is 0. The first-order chi connectivity index (χ1) is 9.40. The third-order valence-electron chi connectivity index (χ3n) is 4.75. The van der Waals surface area contributed by atoms with E-state index in [9.17, 15) is 4.79 Å². The Bertz CT molecular complexity index is 342. The van der Waals surface area contributed by atoms with Crippen LogP contribution < -0.4 is 11.1 Å². The molecule has 0 atom stereocenters. The first kappa shape index (κ1) is 17.4. The van der Waals surface area contributed by atoms with Gasteiger partial charge in [-0.2, -0.15) is 0 Å². The molecule has 0 aromatic carbocycles. The van der Waals surface area contributed by atoms with Crippen LogP contribution in [0.5, 0.6) is 0 Å². The molecule has 4 heteroatoms. The molecule has 1 fully saturated rings. The lowest BCUT2D eigenvalue weighted by Crippen LogP contribution is -2.50. The van der Waals surface area contributed by atoms with Crippen LogP contribution in [0.25, 0.3) is 0 Å². The Hall–Kier alpha value is -0.640. The molecule has 0 bridgehead atoms. The quantitative estimate of drug-likeness (QED) is 0.674. The van der Waals surface area contributed by atoms with Gasteiger partial charge in [-0.1, -0.05) is 58.7 Å². The lowest BCUT2D eigenvalue weighted by atomic mass is 9.77. The van der Waals surface area contributed by atoms with E-state index in [0.29, 0.717) is 4.99 Å². The van der Waals surface area contributed by atoms with Crippen LogP contribution in [0.1, 0.15) is 72.1 Å². The number of hydrogen-bond donors (Lipinski definition) is 2. The number of hydrogen-bond acceptors (Lipinski definition) is 2. The number of carbonyl (C=O) groups is 1. The highest BCUT2D eigenvalue weighted by atomic mass is 32.1. The maximum atomic E-state index is 12.7. The van der Waals surface area contributed by atoms with Gasteiger partial charge in [-0.05, 0) is 31.1 Å². The number of rotatable bonds is 8. The van der Waals surface area contributed by atoms with Crippen LogP contribution >= 0.6 is 12.2 Å². The summed E-state index contributed by atoms with van der Waals surface area (Å²) in [6, 6.07) is 0. The summed E-state index contributed by atoms with van der Waals surface area (Å²) >= 11 is 5.23. The minimum Gasteiger partial charge on any atom is -0.392 e. The van der Waals surface area contributed by atoms with Crippen molar-refractivity contribution in [1.29, 1.82) is 0 Å². The first-order valence-electron chi connectivity index (χ1n) is 7.98. The minimum absolute atomic E-state index is 0.0434. The Balaban J connectivity index is 2.74. The van der Waals surface area contributed by atoms with Crippen LogP contribution in [-0.4, -0.2) is 17.4 Å². The maximum Gasteiger partial charge on any atom is 0.233 e. The lowest BCUT2D eigenvalue weighted by molar-refractivity contribution is -0.128. The Labute approximate surface area is 129 Å². The highest BCUT2D eigenvalue weighted by Gasteiger charge is 2.40. The molecule has 3 N–H and O–H groups in total. The van der Waals surface area contributed by atoms with E-state index in [1.54, 1.807) is 0 Å². The van der Waals surface area contributed by atoms with Gasteiger partial charge < -0.3 is 11.1 Å². The second-order valence-corrected chi connectivity index (χ2v) is 7.09. The Morgan fingerprint density at radius 2 is 1.75 bits per heavy atom. The van der Waals surface area contributed by atoms with Gasteiger partial charge in [0, 0.05) is 6.54 Å². The topological polar surface area (TPSA) is 55.1 Å². The number of amides is 1. The normalized spacial score (nSPS) is 17.9. The molecule has 0 spiro atoms. The molecule has 116 valence electrons. The summed E-state index contributed by atoms with van der Waals surface area (Å²) in [5.74, 6) is 0.0434. The fourth-order valence-corrected chi connectivity index (χ4v) is 3.73. The predicted molar refractivity (Wildman–Crippen MR) is 88.6 cm³/mol. The maximum absolute atomic E-state index is 12.7. The van der Waals surface area contributed by atoms with Crippen molar-refractivity contribution in [2.45, 2.75) is 72.1 Å². The van der Waals surface area contributed by atoms with Crippen LogP contribution in [0, 0.1) is 10.8 Å². The fourth-order valence-electron chi connectivity index (χ4n) is 3.43. The first-order valence-corrected chi connectivity index (χ1v) is 8.39. The molecule has 0 aliphatic heterocycles. The van der Waals surface area contributed by atoms with E-state index in [1.165, 1.54) is 25.7 Å². The average molecular weight is 298 g/mol. The molecular weight excluding hydrogens is 268 g/mol. The summed E-state index contributed by atoms with van der Waals surface area (Å²) in [4.78, 5) is 13.1. The van der Waals surface area contributed by atoms with Crippen molar-refractivity contribution >= 4 is 23.1 Å². The third kappa shape index (κ3) is 3.94. The molecule has 1 saturated carbocycles. The van der Waals surface area contributed by atoms with Gasteiger partial charge in [0.25, 0.3) is 0 Å². The van der Waals surface area contributed by atoms with Crippen molar-refractivity contribution in [3.05, 3.63) is 0 Å². The molecule has 0 aromatic rings. The fraction of sp³-hybridized carbons (Fsp3) is 0.875. The third-order valence-corrected chi connectivity index (χ3v) is 5.14. The summed E-state index contributed by atoms with van der Waals surface area (Å²) in [5.41, 5.74) is 5.55. The molecule has 20 heavy (non-hydrogen) atoms. The van der Waals surface area contributed by atoms with Crippen molar-refractivity contribution in [1.82, 2.24) is 5.32 Å². The standard InChI is InChI=1S/C16H30N2OS/c1-4-8-16(9-5-2,13(17)20)14(19)18-12-15(3)10-6-7-11-15/h4-12H2,1-3H3,(H2,17,20)(H,18,19). The Morgan fingerprint density at radius 3 is 2.15 bits per heavy atom. The number of nitrogens with two attached hydrogens (primary N) is 1. The zero-order valence-corrected chi connectivity index (χ0v) is 14.1. The molecule has 1 aliphatic carbocycles. The van der Waals surface area contributed by atoms with E-state index < -0.39 is 5.41 Å². The van der Waals surface area contributed by atoms with Gasteiger partial charge in [0.2, 0.25) is 5.91 Å². The van der Waals surface area contributed by atoms with E-state index >= 15 is 0 Å². The van der Waals surface area contributed by atoms with Crippen LogP contribution in [0.15, 0.2) is 0 Å². The van der Waals surface area contributed by atoms with Gasteiger partial charge in [-0.25, -0.2) is 0 Å². The highest BCUT2D eigenvalue weighted by Crippen LogP contribution is 2.37. The molecule has 0 saturated heterocycles. The Morgan fingerprint density at radius 1 is 1.25 bits per heavy atom. The molecule has 0 aromatic heterocycles. The van der Waals surface area contributed by atoms with Gasteiger partial charge in [-0.15, -0.1) is 0 Å². The average Bonchev–Trinajstić information content (AvgIpc) is 2.82. The van der Waals surface area contributed by atoms with Crippen molar-refractivity contribution in [3.8, 4) is 0 Å². The van der Waals surface area contributed by atoms with Crippen LogP contribution in [-0.2, 0) is 4.79 Å². The summed E-state index contributed by atoms with van der Waals surface area (Å²) in [6.45, 7) is 7.18. The van der Waals surface area contributed by atoms with E-state index in [0.717, 1.165) is 32.2 Å². The van der Waals surface area contributed by atoms with Crippen molar-refractivity contribution in [3.63, 3.8) is 0 Å². The predicted octanol–water partition coefficient (Wildman–Crippen LogP) is 3.56. The van der Waals surface area contributed by atoms with Crippen LogP contribution in [0.4, 0.5) is 0 Å². The molecule has 0 radical (unpaired) electrons. The number of carbonyl (C=O) groups excluding carboxylic acids is 1. The molecule has 1 amide bonds. The number of nitrogens with one attached hydrogen (secondary N) is 1. The van der Waals surface area contributed by atoms with Crippen LogP contribution in [0.3, 0.4) is 0 Å². The van der Waals surface area contributed by atoms with E-state index in [-0.39, 0.29) is 11.3 Å². The minimum atomic E-state index is -0.645. The van der Waals surface area contributed by atoms with E-state index in [4.69, 9.17) is 18.0 Å². The SMILES string of the molecule is CCCC(CCC)(C(=O)NCC1(C)CCCC1)C(N)=S. The molecule has 3 nitrogen and oxygen atoms in total. The largest absolute Gasteiger partial charge is 0.392 e. The summed E-state index contributed by atoms with van der Waals surface area (Å²) in [6.07, 6.45) is 8.29. The number of thiocarbonyl (C=S) groups is 1. The van der Waals surface area contributed by atoms with E-state index in [1.807, 2.05) is 0 Å². The molecule has 0 heterocycles. The van der Waals surface area contributed by atoms with Gasteiger partial charge in [-0.3, -0.25) is 4.79 Å². The molecule has 0 unspecified atom stereocenters. The van der Waals surface area contributed by atoms with Gasteiger partial charge in [0.15, 0.2) is 0 Å². The van der Waals surface area contributed by atoms with Crippen molar-refractivity contribution < 1.29 is 4.79 Å². The second-order valence-electron chi connectivity index (χ2n) is 6.65. The Kier molecular flexibility index (Phi) is 6.44. The summed E-state index contributed by atoms with van der Waals surface area (Å²) < 4.78 is 0. The highest BCUT2D eigenvalue weighted by molar-refractivity contribution is 7.80. The summed E-state index contributed by atoms with van der Waals surface area (Å²) in [5, 5.41) is 3.15. The van der Waals surface area contributed by atoms with Crippen LogP contribution in [0.2, 0.25) is 0 Å². The second kappa shape index (κ2) is 7.39. The monoisotopic (exact) mass is 298 g/mol. The molecular formula is C16H30N2OS. The zero-order valence-electron chi connectivity index (χ0n) is 13.3. The van der Waals surface area contributed by atoms with E-state index in [2.05, 4.69) is 26.1 Å². The van der Waals surface area contributed by atoms with Gasteiger partial charge in [0.05, 0.1) is 10.4 Å². The lowest BCUT2D eigenvalue weighted by Gasteiger charge is -2.33. The van der Waals surface area contributed by atoms with Crippen molar-refractivity contribution in [2.24, 2.45) is 16.6 Å².